The van der Waals surface area contributed by atoms with Gasteiger partial charge in [0.25, 0.3) is 5.69 Å². The van der Waals surface area contributed by atoms with Crippen molar-refractivity contribution in [1.82, 2.24) is 15.0 Å². The monoisotopic (exact) mass is 366 g/mol. The van der Waals surface area contributed by atoms with E-state index in [0.29, 0.717) is 34.1 Å². The number of rotatable bonds is 4. The van der Waals surface area contributed by atoms with Crippen molar-refractivity contribution in [3.63, 3.8) is 0 Å². The van der Waals surface area contributed by atoms with E-state index in [4.69, 9.17) is 4.74 Å². The van der Waals surface area contributed by atoms with Gasteiger partial charge in [0.1, 0.15) is 28.9 Å². The summed E-state index contributed by atoms with van der Waals surface area (Å²) in [6.07, 6.45) is 1.46. The first-order valence-corrected chi connectivity index (χ1v) is 7.76. The van der Waals surface area contributed by atoms with E-state index in [1.807, 2.05) is 0 Å². The highest BCUT2D eigenvalue weighted by atomic mass is 19.1. The van der Waals surface area contributed by atoms with Gasteiger partial charge in [-0.15, -0.1) is 0 Å². The molecule has 2 aromatic carbocycles. The number of nitro benzene ring substituents is 1. The summed E-state index contributed by atoms with van der Waals surface area (Å²) in [5.41, 5.74) is 1.25. The van der Waals surface area contributed by atoms with Crippen molar-refractivity contribution >= 4 is 16.9 Å². The van der Waals surface area contributed by atoms with E-state index < -0.39 is 10.7 Å². The average molecular weight is 366 g/mol. The number of imidazole rings is 1. The lowest BCUT2D eigenvalue weighted by Crippen LogP contribution is -1.89. The Kier molecular flexibility index (Phi) is 3.88. The van der Waals surface area contributed by atoms with E-state index in [9.17, 15) is 19.6 Å². The summed E-state index contributed by atoms with van der Waals surface area (Å²) in [7, 11) is 0. The molecule has 2 aromatic heterocycles. The van der Waals surface area contributed by atoms with E-state index in [1.165, 1.54) is 42.6 Å². The number of ether oxygens (including phenoxy) is 1. The molecule has 27 heavy (non-hydrogen) atoms. The Balaban J connectivity index is 1.63. The summed E-state index contributed by atoms with van der Waals surface area (Å²) < 4.78 is 18.8. The number of pyridine rings is 1. The van der Waals surface area contributed by atoms with Crippen LogP contribution in [0.2, 0.25) is 0 Å². The Bertz CT molecular complexity index is 1160. The maximum atomic E-state index is 13.1. The smallest absolute Gasteiger partial charge is 0.269 e. The number of nitrogens with one attached hydrogen (secondary N) is 1. The van der Waals surface area contributed by atoms with Gasteiger partial charge in [-0.2, -0.15) is 0 Å². The molecule has 0 saturated carbocycles. The highest BCUT2D eigenvalue weighted by molar-refractivity contribution is 5.78. The van der Waals surface area contributed by atoms with Crippen molar-refractivity contribution in [3.05, 3.63) is 70.7 Å². The lowest BCUT2D eigenvalue weighted by atomic mass is 10.2. The maximum Gasteiger partial charge on any atom is 0.269 e. The molecule has 2 N–H and O–H groups in total. The van der Waals surface area contributed by atoms with Gasteiger partial charge >= 0.3 is 0 Å². The van der Waals surface area contributed by atoms with Gasteiger partial charge in [-0.3, -0.25) is 10.1 Å². The Hall–Kier alpha value is -4.01. The molecule has 0 saturated heterocycles. The summed E-state index contributed by atoms with van der Waals surface area (Å²) >= 11 is 0. The SMILES string of the molecule is O=[N+]([O-])c1ccc(Oc2cnc3nc(-c4ccc(F)cc4O)[nH]c3c2)cc1. The molecule has 0 aliphatic carbocycles. The number of nitro groups is 1. The first-order valence-electron chi connectivity index (χ1n) is 7.76. The zero-order chi connectivity index (χ0) is 19.0. The summed E-state index contributed by atoms with van der Waals surface area (Å²) in [5.74, 6) is 0.357. The average Bonchev–Trinajstić information content (AvgIpc) is 3.05. The Morgan fingerprint density at radius 1 is 1.11 bits per heavy atom. The summed E-state index contributed by atoms with van der Waals surface area (Å²) in [4.78, 5) is 21.6. The number of aromatic nitrogens is 3. The number of non-ortho nitro benzene ring substituents is 1. The number of fused-ring (bicyclic) bond motifs is 1. The normalized spacial score (nSPS) is 10.9. The molecule has 0 amide bonds. The maximum absolute atomic E-state index is 13.1. The van der Waals surface area contributed by atoms with E-state index in [-0.39, 0.29) is 11.4 Å². The van der Waals surface area contributed by atoms with Crippen LogP contribution in [0.5, 0.6) is 17.2 Å². The molecule has 134 valence electrons. The minimum atomic E-state index is -0.552. The molecule has 8 nitrogen and oxygen atoms in total. The Morgan fingerprint density at radius 2 is 1.89 bits per heavy atom. The van der Waals surface area contributed by atoms with E-state index in [0.717, 1.165) is 6.07 Å². The van der Waals surface area contributed by atoms with Crippen LogP contribution >= 0.6 is 0 Å². The second-order valence-corrected chi connectivity index (χ2v) is 5.64. The second kappa shape index (κ2) is 6.37. The van der Waals surface area contributed by atoms with Crippen molar-refractivity contribution in [2.24, 2.45) is 0 Å². The van der Waals surface area contributed by atoms with Crippen LogP contribution in [0.4, 0.5) is 10.1 Å². The van der Waals surface area contributed by atoms with E-state index in [2.05, 4.69) is 15.0 Å². The number of aromatic amines is 1. The van der Waals surface area contributed by atoms with Crippen LogP contribution in [0.3, 0.4) is 0 Å². The van der Waals surface area contributed by atoms with Gasteiger partial charge in [-0.25, -0.2) is 14.4 Å². The first-order chi connectivity index (χ1) is 13.0. The standard InChI is InChI=1S/C18H11FN4O4/c19-10-1-6-14(16(24)7-10)17-21-15-8-13(9-20-18(15)22-17)27-12-4-2-11(3-5-12)23(25)26/h1-9,24H,(H,20,21,22). The molecule has 0 bridgehead atoms. The largest absolute Gasteiger partial charge is 0.507 e. The molecular weight excluding hydrogens is 355 g/mol. The van der Waals surface area contributed by atoms with Crippen LogP contribution in [-0.4, -0.2) is 25.0 Å². The van der Waals surface area contributed by atoms with Gasteiger partial charge in [0, 0.05) is 24.3 Å². The molecule has 0 aliphatic heterocycles. The van der Waals surface area contributed by atoms with Crippen LogP contribution in [0.25, 0.3) is 22.6 Å². The van der Waals surface area contributed by atoms with Gasteiger partial charge < -0.3 is 14.8 Å². The fraction of sp³-hybridized carbons (Fsp3) is 0. The van der Waals surface area contributed by atoms with Crippen molar-refractivity contribution in [2.75, 3.05) is 0 Å². The minimum absolute atomic E-state index is 0.0340. The quantitative estimate of drug-likeness (QED) is 0.414. The molecule has 0 spiro atoms. The van der Waals surface area contributed by atoms with Crippen molar-refractivity contribution in [2.45, 2.75) is 0 Å². The molecular formula is C18H11FN4O4. The predicted octanol–water partition coefficient (Wildman–Crippen LogP) is 4.17. The lowest BCUT2D eigenvalue weighted by Gasteiger charge is -2.04. The van der Waals surface area contributed by atoms with E-state index in [1.54, 1.807) is 6.07 Å². The van der Waals surface area contributed by atoms with Crippen LogP contribution in [0, 0.1) is 15.9 Å². The third kappa shape index (κ3) is 3.25. The number of H-pyrrole nitrogens is 1. The van der Waals surface area contributed by atoms with Crippen molar-refractivity contribution in [3.8, 4) is 28.6 Å². The van der Waals surface area contributed by atoms with Gasteiger partial charge in [-0.1, -0.05) is 0 Å². The van der Waals surface area contributed by atoms with Crippen LogP contribution in [0.1, 0.15) is 0 Å². The predicted molar refractivity (Wildman–Crippen MR) is 94.1 cm³/mol. The third-order valence-electron chi connectivity index (χ3n) is 3.81. The van der Waals surface area contributed by atoms with E-state index >= 15 is 0 Å². The second-order valence-electron chi connectivity index (χ2n) is 5.64. The number of hydrogen-bond acceptors (Lipinski definition) is 6. The number of nitrogens with zero attached hydrogens (tertiary/aromatic N) is 3. The van der Waals surface area contributed by atoms with Gasteiger partial charge in [0.05, 0.1) is 22.2 Å². The number of aromatic hydroxyl groups is 1. The zero-order valence-electron chi connectivity index (χ0n) is 13.6. The number of phenolic OH excluding ortho intramolecular Hbond substituents is 1. The van der Waals surface area contributed by atoms with Crippen LogP contribution in [-0.2, 0) is 0 Å². The number of phenols is 1. The van der Waals surface area contributed by atoms with Gasteiger partial charge in [0.2, 0.25) is 0 Å². The lowest BCUT2D eigenvalue weighted by molar-refractivity contribution is -0.384. The van der Waals surface area contributed by atoms with Gasteiger partial charge in [0.15, 0.2) is 5.65 Å². The minimum Gasteiger partial charge on any atom is -0.507 e. The fourth-order valence-corrected chi connectivity index (χ4v) is 2.54. The summed E-state index contributed by atoms with van der Waals surface area (Å²) in [5, 5.41) is 20.6. The van der Waals surface area contributed by atoms with Crippen molar-refractivity contribution < 1.29 is 19.2 Å². The number of halogens is 1. The summed E-state index contributed by atoms with van der Waals surface area (Å²) in [6.45, 7) is 0. The molecule has 0 atom stereocenters. The Morgan fingerprint density at radius 3 is 2.59 bits per heavy atom. The number of benzene rings is 2. The van der Waals surface area contributed by atoms with Crippen LogP contribution < -0.4 is 4.74 Å². The fourth-order valence-electron chi connectivity index (χ4n) is 2.54. The number of hydrogen-bond donors (Lipinski definition) is 2. The first kappa shape index (κ1) is 16.5. The van der Waals surface area contributed by atoms with Crippen molar-refractivity contribution in [1.29, 1.82) is 0 Å². The third-order valence-corrected chi connectivity index (χ3v) is 3.81. The molecule has 4 aromatic rings. The molecule has 0 unspecified atom stereocenters. The molecule has 0 aliphatic rings. The highest BCUT2D eigenvalue weighted by Gasteiger charge is 2.12. The highest BCUT2D eigenvalue weighted by Crippen LogP contribution is 2.30. The molecule has 4 rings (SSSR count). The van der Waals surface area contributed by atoms with Gasteiger partial charge in [-0.05, 0) is 24.3 Å². The molecule has 0 fully saturated rings. The topological polar surface area (TPSA) is 114 Å². The Labute approximate surface area is 151 Å². The summed E-state index contributed by atoms with van der Waals surface area (Å²) in [6, 6.07) is 10.9. The molecule has 0 radical (unpaired) electrons. The molecule has 2 heterocycles. The zero-order valence-corrected chi connectivity index (χ0v) is 13.6. The van der Waals surface area contributed by atoms with Crippen LogP contribution in [0.15, 0.2) is 54.7 Å². The molecule has 9 heteroatoms.